The van der Waals surface area contributed by atoms with Crippen LogP contribution in [0.1, 0.15) is 40.0 Å². The van der Waals surface area contributed by atoms with E-state index in [1.165, 1.54) is 19.3 Å². The molecule has 1 fully saturated rings. The Balaban J connectivity index is 2.25. The summed E-state index contributed by atoms with van der Waals surface area (Å²) in [5.74, 6) is 0.636. The Labute approximate surface area is 82.0 Å². The second-order valence-electron chi connectivity index (χ2n) is 4.34. The SMILES string of the molecule is CCCC[C@@H]1CNC[C@H](C(C)C)O1. The molecule has 0 saturated carbocycles. The third kappa shape index (κ3) is 3.65. The molecule has 0 amide bonds. The van der Waals surface area contributed by atoms with E-state index < -0.39 is 0 Å². The summed E-state index contributed by atoms with van der Waals surface area (Å²) >= 11 is 0. The summed E-state index contributed by atoms with van der Waals surface area (Å²) < 4.78 is 5.99. The Morgan fingerprint density at radius 3 is 2.77 bits per heavy atom. The van der Waals surface area contributed by atoms with E-state index in [2.05, 4.69) is 26.1 Å². The van der Waals surface area contributed by atoms with Gasteiger partial charge in [-0.2, -0.15) is 0 Å². The van der Waals surface area contributed by atoms with Crippen molar-refractivity contribution in [2.75, 3.05) is 13.1 Å². The fourth-order valence-corrected chi connectivity index (χ4v) is 1.72. The van der Waals surface area contributed by atoms with Gasteiger partial charge in [-0.25, -0.2) is 0 Å². The maximum Gasteiger partial charge on any atom is 0.0726 e. The highest BCUT2D eigenvalue weighted by atomic mass is 16.5. The highest BCUT2D eigenvalue weighted by Gasteiger charge is 2.23. The molecule has 1 rings (SSSR count). The van der Waals surface area contributed by atoms with Crippen molar-refractivity contribution in [3.05, 3.63) is 0 Å². The Morgan fingerprint density at radius 2 is 2.15 bits per heavy atom. The molecule has 2 atom stereocenters. The van der Waals surface area contributed by atoms with E-state index in [1.807, 2.05) is 0 Å². The van der Waals surface area contributed by atoms with Gasteiger partial charge in [-0.3, -0.25) is 0 Å². The predicted molar refractivity (Wildman–Crippen MR) is 55.9 cm³/mol. The average molecular weight is 185 g/mol. The summed E-state index contributed by atoms with van der Waals surface area (Å²) in [5, 5.41) is 3.45. The van der Waals surface area contributed by atoms with Gasteiger partial charge in [0.2, 0.25) is 0 Å². The maximum atomic E-state index is 5.99. The van der Waals surface area contributed by atoms with Gasteiger partial charge in [0.1, 0.15) is 0 Å². The van der Waals surface area contributed by atoms with E-state index in [-0.39, 0.29) is 0 Å². The van der Waals surface area contributed by atoms with Crippen molar-refractivity contribution in [3.63, 3.8) is 0 Å². The molecule has 2 heteroatoms. The molecule has 2 nitrogen and oxygen atoms in total. The number of hydrogen-bond acceptors (Lipinski definition) is 2. The topological polar surface area (TPSA) is 21.3 Å². The van der Waals surface area contributed by atoms with Crippen LogP contribution in [0.15, 0.2) is 0 Å². The van der Waals surface area contributed by atoms with Crippen molar-refractivity contribution in [1.82, 2.24) is 5.32 Å². The van der Waals surface area contributed by atoms with Gasteiger partial charge in [0.05, 0.1) is 12.2 Å². The van der Waals surface area contributed by atoms with Crippen LogP contribution in [-0.4, -0.2) is 25.3 Å². The number of hydrogen-bond donors (Lipinski definition) is 1. The van der Waals surface area contributed by atoms with Gasteiger partial charge in [-0.05, 0) is 12.3 Å². The van der Waals surface area contributed by atoms with Crippen molar-refractivity contribution in [2.24, 2.45) is 5.92 Å². The Morgan fingerprint density at radius 1 is 1.38 bits per heavy atom. The highest BCUT2D eigenvalue weighted by Crippen LogP contribution is 2.15. The van der Waals surface area contributed by atoms with Crippen molar-refractivity contribution >= 4 is 0 Å². The van der Waals surface area contributed by atoms with Crippen LogP contribution < -0.4 is 5.32 Å². The van der Waals surface area contributed by atoms with Crippen LogP contribution in [0.4, 0.5) is 0 Å². The Hall–Kier alpha value is -0.0800. The molecule has 0 unspecified atom stereocenters. The molecule has 0 spiro atoms. The van der Waals surface area contributed by atoms with Crippen LogP contribution in [0, 0.1) is 5.92 Å². The lowest BCUT2D eigenvalue weighted by Gasteiger charge is -2.33. The Kier molecular flexibility index (Phi) is 4.74. The van der Waals surface area contributed by atoms with Gasteiger partial charge in [0.25, 0.3) is 0 Å². The van der Waals surface area contributed by atoms with Crippen molar-refractivity contribution in [1.29, 1.82) is 0 Å². The molecule has 1 saturated heterocycles. The number of ether oxygens (including phenoxy) is 1. The molecule has 0 aromatic heterocycles. The molecular weight excluding hydrogens is 162 g/mol. The molecule has 0 bridgehead atoms. The molecule has 78 valence electrons. The van der Waals surface area contributed by atoms with Crippen molar-refractivity contribution in [2.45, 2.75) is 52.2 Å². The van der Waals surface area contributed by atoms with Gasteiger partial charge in [-0.15, -0.1) is 0 Å². The van der Waals surface area contributed by atoms with Gasteiger partial charge < -0.3 is 10.1 Å². The summed E-state index contributed by atoms with van der Waals surface area (Å²) in [7, 11) is 0. The number of unbranched alkanes of at least 4 members (excludes halogenated alkanes) is 1. The summed E-state index contributed by atoms with van der Waals surface area (Å²) in [4.78, 5) is 0. The zero-order valence-electron chi connectivity index (χ0n) is 9.18. The summed E-state index contributed by atoms with van der Waals surface area (Å²) in [6.45, 7) is 8.77. The van der Waals surface area contributed by atoms with Crippen LogP contribution >= 0.6 is 0 Å². The zero-order valence-corrected chi connectivity index (χ0v) is 9.18. The first-order chi connectivity index (χ1) is 6.24. The first-order valence-corrected chi connectivity index (χ1v) is 5.60. The van der Waals surface area contributed by atoms with Crippen LogP contribution in [0.3, 0.4) is 0 Å². The predicted octanol–water partition coefficient (Wildman–Crippen LogP) is 2.19. The molecule has 0 aliphatic carbocycles. The lowest BCUT2D eigenvalue weighted by Crippen LogP contribution is -2.46. The summed E-state index contributed by atoms with van der Waals surface area (Å²) in [6.07, 6.45) is 4.66. The van der Waals surface area contributed by atoms with Crippen molar-refractivity contribution < 1.29 is 4.74 Å². The molecular formula is C11H23NO. The minimum Gasteiger partial charge on any atom is -0.372 e. The summed E-state index contributed by atoms with van der Waals surface area (Å²) in [5.41, 5.74) is 0. The smallest absolute Gasteiger partial charge is 0.0726 e. The third-order valence-electron chi connectivity index (χ3n) is 2.71. The molecule has 1 heterocycles. The van der Waals surface area contributed by atoms with Gasteiger partial charge in [0, 0.05) is 13.1 Å². The first-order valence-electron chi connectivity index (χ1n) is 5.60. The normalized spacial score (nSPS) is 29.5. The van der Waals surface area contributed by atoms with Crippen molar-refractivity contribution in [3.8, 4) is 0 Å². The first kappa shape index (κ1) is 11.0. The molecule has 0 radical (unpaired) electrons. The monoisotopic (exact) mass is 185 g/mol. The largest absolute Gasteiger partial charge is 0.372 e. The lowest BCUT2D eigenvalue weighted by molar-refractivity contribution is -0.0620. The molecule has 1 N–H and O–H groups in total. The third-order valence-corrected chi connectivity index (χ3v) is 2.71. The Bertz CT molecular complexity index is 136. The van der Waals surface area contributed by atoms with E-state index in [1.54, 1.807) is 0 Å². The molecule has 0 aromatic carbocycles. The van der Waals surface area contributed by atoms with Gasteiger partial charge >= 0.3 is 0 Å². The van der Waals surface area contributed by atoms with E-state index in [0.717, 1.165) is 13.1 Å². The second kappa shape index (κ2) is 5.61. The molecule has 1 aliphatic heterocycles. The standard InChI is InChI=1S/C11H23NO/c1-4-5-6-10-7-12-8-11(13-10)9(2)3/h9-12H,4-8H2,1-3H3/t10-,11-/m1/s1. The maximum absolute atomic E-state index is 5.99. The highest BCUT2D eigenvalue weighted by molar-refractivity contribution is 4.76. The number of morpholine rings is 1. The van der Waals surface area contributed by atoms with Crippen LogP contribution in [0.25, 0.3) is 0 Å². The van der Waals surface area contributed by atoms with E-state index in [0.29, 0.717) is 18.1 Å². The summed E-state index contributed by atoms with van der Waals surface area (Å²) in [6, 6.07) is 0. The molecule has 13 heavy (non-hydrogen) atoms. The van der Waals surface area contributed by atoms with Gasteiger partial charge in [-0.1, -0.05) is 33.6 Å². The fraction of sp³-hybridized carbons (Fsp3) is 1.00. The van der Waals surface area contributed by atoms with E-state index >= 15 is 0 Å². The molecule has 0 aromatic rings. The quantitative estimate of drug-likeness (QED) is 0.725. The number of nitrogens with one attached hydrogen (secondary N) is 1. The second-order valence-corrected chi connectivity index (χ2v) is 4.34. The lowest BCUT2D eigenvalue weighted by atomic mass is 10.0. The number of rotatable bonds is 4. The van der Waals surface area contributed by atoms with E-state index in [4.69, 9.17) is 4.74 Å². The fourth-order valence-electron chi connectivity index (χ4n) is 1.72. The van der Waals surface area contributed by atoms with Crippen LogP contribution in [0.5, 0.6) is 0 Å². The van der Waals surface area contributed by atoms with Crippen LogP contribution in [0.2, 0.25) is 0 Å². The van der Waals surface area contributed by atoms with Crippen LogP contribution in [-0.2, 0) is 4.74 Å². The molecule has 1 aliphatic rings. The van der Waals surface area contributed by atoms with E-state index in [9.17, 15) is 0 Å². The van der Waals surface area contributed by atoms with Gasteiger partial charge in [0.15, 0.2) is 0 Å². The minimum atomic E-state index is 0.426. The zero-order chi connectivity index (χ0) is 9.68. The minimum absolute atomic E-state index is 0.426. The average Bonchev–Trinajstić information content (AvgIpc) is 2.15.